The quantitative estimate of drug-likeness (QED) is 0.160. The van der Waals surface area contributed by atoms with Crippen molar-refractivity contribution in [2.24, 2.45) is 5.10 Å². The molecule has 2 N–H and O–H groups in total. The van der Waals surface area contributed by atoms with E-state index in [1.165, 1.54) is 12.4 Å². The number of aryl methyl sites for hydroxylation is 1. The summed E-state index contributed by atoms with van der Waals surface area (Å²) in [5, 5.41) is 6.87. The molecule has 1 heterocycles. The van der Waals surface area contributed by atoms with Crippen LogP contribution in [0.3, 0.4) is 0 Å². The van der Waals surface area contributed by atoms with E-state index in [1.807, 2.05) is 38.1 Å². The van der Waals surface area contributed by atoms with Crippen LogP contribution in [0.4, 0.5) is 5.69 Å². The second-order valence-electron chi connectivity index (χ2n) is 7.01. The predicted molar refractivity (Wildman–Crippen MR) is 140 cm³/mol. The van der Waals surface area contributed by atoms with E-state index in [2.05, 4.69) is 43.4 Å². The Balaban J connectivity index is 1.66. The molecule has 0 saturated heterocycles. The van der Waals surface area contributed by atoms with Crippen LogP contribution in [0.1, 0.15) is 28.4 Å². The molecular formula is C24H22ClIN4O4. The minimum absolute atomic E-state index is 0.0938. The molecule has 34 heavy (non-hydrogen) atoms. The zero-order valence-corrected chi connectivity index (χ0v) is 21.4. The number of benzene rings is 2. The van der Waals surface area contributed by atoms with Crippen LogP contribution in [-0.2, 0) is 4.79 Å². The van der Waals surface area contributed by atoms with Crippen molar-refractivity contribution in [3.63, 3.8) is 0 Å². The van der Waals surface area contributed by atoms with Gasteiger partial charge in [-0.3, -0.25) is 9.59 Å². The first kappa shape index (κ1) is 25.4. The highest BCUT2D eigenvalue weighted by atomic mass is 127. The summed E-state index contributed by atoms with van der Waals surface area (Å²) in [7, 11) is 0. The highest BCUT2D eigenvalue weighted by Crippen LogP contribution is 2.34. The lowest BCUT2D eigenvalue weighted by Crippen LogP contribution is -2.20. The average molecular weight is 593 g/mol. The van der Waals surface area contributed by atoms with Gasteiger partial charge in [0.1, 0.15) is 5.15 Å². The van der Waals surface area contributed by atoms with Gasteiger partial charge in [0.2, 0.25) is 0 Å². The van der Waals surface area contributed by atoms with E-state index in [0.717, 1.165) is 9.13 Å². The van der Waals surface area contributed by atoms with Crippen molar-refractivity contribution in [3.05, 3.63) is 80.1 Å². The molecule has 2 amide bonds. The highest BCUT2D eigenvalue weighted by Gasteiger charge is 2.14. The molecule has 2 aromatic carbocycles. The van der Waals surface area contributed by atoms with Gasteiger partial charge in [0, 0.05) is 11.9 Å². The van der Waals surface area contributed by atoms with Crippen LogP contribution in [-0.4, -0.2) is 36.2 Å². The van der Waals surface area contributed by atoms with Crippen molar-refractivity contribution in [1.82, 2.24) is 10.4 Å². The van der Waals surface area contributed by atoms with Crippen LogP contribution < -0.4 is 20.2 Å². The highest BCUT2D eigenvalue weighted by molar-refractivity contribution is 14.1. The van der Waals surface area contributed by atoms with E-state index in [-0.39, 0.29) is 23.2 Å². The molecule has 0 bridgehead atoms. The van der Waals surface area contributed by atoms with Crippen molar-refractivity contribution >= 4 is 57.9 Å². The van der Waals surface area contributed by atoms with E-state index in [4.69, 9.17) is 21.1 Å². The molecule has 0 radical (unpaired) electrons. The van der Waals surface area contributed by atoms with Gasteiger partial charge < -0.3 is 14.8 Å². The number of ether oxygens (including phenoxy) is 2. The zero-order valence-electron chi connectivity index (χ0n) is 18.5. The van der Waals surface area contributed by atoms with E-state index >= 15 is 0 Å². The molecule has 0 unspecified atom stereocenters. The maximum absolute atomic E-state index is 12.3. The summed E-state index contributed by atoms with van der Waals surface area (Å²) in [6.07, 6.45) is 2.97. The van der Waals surface area contributed by atoms with Gasteiger partial charge in [-0.1, -0.05) is 29.3 Å². The SMILES string of the molecule is CCOc1cc(C=NNC(=O)c2cccnc2Cl)cc(I)c1OCC(=O)Nc1ccc(C)cc1. The minimum Gasteiger partial charge on any atom is -0.490 e. The summed E-state index contributed by atoms with van der Waals surface area (Å²) in [5.41, 5.74) is 5.11. The lowest BCUT2D eigenvalue weighted by Gasteiger charge is -2.14. The predicted octanol–water partition coefficient (Wildman–Crippen LogP) is 4.83. The van der Waals surface area contributed by atoms with Crippen molar-refractivity contribution < 1.29 is 19.1 Å². The van der Waals surface area contributed by atoms with Crippen molar-refractivity contribution in [2.75, 3.05) is 18.5 Å². The van der Waals surface area contributed by atoms with E-state index in [1.54, 1.807) is 24.3 Å². The Labute approximate surface area is 215 Å². The fraction of sp³-hybridized carbons (Fsp3) is 0.167. The molecule has 0 atom stereocenters. The Kier molecular flexibility index (Phi) is 9.23. The number of hydrazone groups is 1. The number of hydrogen-bond acceptors (Lipinski definition) is 6. The smallest absolute Gasteiger partial charge is 0.274 e. The number of carbonyl (C=O) groups excluding carboxylic acids is 2. The molecule has 3 aromatic rings. The van der Waals surface area contributed by atoms with Crippen molar-refractivity contribution in [2.45, 2.75) is 13.8 Å². The fourth-order valence-corrected chi connectivity index (χ4v) is 3.80. The lowest BCUT2D eigenvalue weighted by atomic mass is 10.2. The largest absolute Gasteiger partial charge is 0.490 e. The molecular weight excluding hydrogens is 571 g/mol. The first-order valence-corrected chi connectivity index (χ1v) is 11.7. The zero-order chi connectivity index (χ0) is 24.5. The van der Waals surface area contributed by atoms with Gasteiger partial charge in [0.15, 0.2) is 18.1 Å². The number of rotatable bonds is 9. The van der Waals surface area contributed by atoms with E-state index < -0.39 is 5.91 Å². The second-order valence-corrected chi connectivity index (χ2v) is 8.53. The van der Waals surface area contributed by atoms with Gasteiger partial charge in [0.05, 0.1) is 22.0 Å². The third-order valence-corrected chi connectivity index (χ3v) is 5.50. The van der Waals surface area contributed by atoms with Crippen LogP contribution in [0.25, 0.3) is 0 Å². The summed E-state index contributed by atoms with van der Waals surface area (Å²) < 4.78 is 12.2. The second kappa shape index (κ2) is 12.3. The van der Waals surface area contributed by atoms with Gasteiger partial charge in [-0.05, 0) is 78.4 Å². The Morgan fingerprint density at radius 3 is 2.65 bits per heavy atom. The number of anilines is 1. The van der Waals surface area contributed by atoms with Gasteiger partial charge in [-0.25, -0.2) is 10.4 Å². The molecule has 176 valence electrons. The van der Waals surface area contributed by atoms with E-state index in [9.17, 15) is 9.59 Å². The monoisotopic (exact) mass is 592 g/mol. The number of nitrogens with one attached hydrogen (secondary N) is 2. The topological polar surface area (TPSA) is 102 Å². The van der Waals surface area contributed by atoms with Gasteiger partial charge >= 0.3 is 0 Å². The molecule has 0 aliphatic rings. The van der Waals surface area contributed by atoms with Crippen molar-refractivity contribution in [1.29, 1.82) is 0 Å². The Morgan fingerprint density at radius 2 is 1.94 bits per heavy atom. The van der Waals surface area contributed by atoms with Gasteiger partial charge in [0.25, 0.3) is 11.8 Å². The van der Waals surface area contributed by atoms with Crippen LogP contribution in [0.2, 0.25) is 5.15 Å². The third-order valence-electron chi connectivity index (χ3n) is 4.40. The lowest BCUT2D eigenvalue weighted by molar-refractivity contribution is -0.118. The molecule has 0 aliphatic heterocycles. The number of pyridine rings is 1. The molecule has 0 spiro atoms. The maximum atomic E-state index is 12.3. The summed E-state index contributed by atoms with van der Waals surface area (Å²) in [5.74, 6) is 0.142. The molecule has 1 aromatic heterocycles. The molecule has 10 heteroatoms. The number of amides is 2. The molecule has 0 fully saturated rings. The van der Waals surface area contributed by atoms with E-state index in [0.29, 0.717) is 29.4 Å². The first-order valence-electron chi connectivity index (χ1n) is 10.3. The van der Waals surface area contributed by atoms with Gasteiger partial charge in [-0.15, -0.1) is 0 Å². The maximum Gasteiger partial charge on any atom is 0.274 e. The Hall–Kier alpha value is -3.18. The summed E-state index contributed by atoms with van der Waals surface area (Å²) >= 11 is 8.02. The Bertz CT molecular complexity index is 1200. The number of hydrogen-bond donors (Lipinski definition) is 2. The molecule has 3 rings (SSSR count). The van der Waals surface area contributed by atoms with Crippen molar-refractivity contribution in [3.8, 4) is 11.5 Å². The number of aromatic nitrogens is 1. The first-order chi connectivity index (χ1) is 16.4. The minimum atomic E-state index is -0.478. The summed E-state index contributed by atoms with van der Waals surface area (Å²) in [4.78, 5) is 28.4. The van der Waals surface area contributed by atoms with Crippen LogP contribution in [0.5, 0.6) is 11.5 Å². The third kappa shape index (κ3) is 7.16. The fourth-order valence-electron chi connectivity index (χ4n) is 2.82. The number of halogens is 2. The Morgan fingerprint density at radius 1 is 1.18 bits per heavy atom. The van der Waals surface area contributed by atoms with Crippen LogP contribution in [0.15, 0.2) is 59.8 Å². The molecule has 0 saturated carbocycles. The average Bonchev–Trinajstić information content (AvgIpc) is 2.80. The van der Waals surface area contributed by atoms with Gasteiger partial charge in [-0.2, -0.15) is 5.10 Å². The van der Waals surface area contributed by atoms with Crippen LogP contribution >= 0.6 is 34.2 Å². The number of nitrogens with zero attached hydrogens (tertiary/aromatic N) is 2. The standard InChI is InChI=1S/C24H22ClIN4O4/c1-3-33-20-12-16(13-28-30-24(32)18-5-4-10-27-23(18)25)11-19(26)22(20)34-14-21(31)29-17-8-6-15(2)7-9-17/h4-13H,3,14H2,1-2H3,(H,29,31)(H,30,32). The summed E-state index contributed by atoms with van der Waals surface area (Å²) in [6.45, 7) is 4.04. The number of carbonyl (C=O) groups is 2. The normalized spacial score (nSPS) is 10.7. The molecule has 8 nitrogen and oxygen atoms in total. The summed E-state index contributed by atoms with van der Waals surface area (Å²) in [6, 6.07) is 14.2. The molecule has 0 aliphatic carbocycles. The van der Waals surface area contributed by atoms with Crippen LogP contribution in [0, 0.1) is 10.5 Å².